The minimum absolute atomic E-state index is 0.608. The van der Waals surface area contributed by atoms with E-state index in [1.54, 1.807) is 6.07 Å². The van der Waals surface area contributed by atoms with Crippen molar-refractivity contribution in [1.82, 2.24) is 0 Å². The molecule has 1 rings (SSSR count). The zero-order valence-corrected chi connectivity index (χ0v) is 7.97. The number of hydrogen-bond donors (Lipinski definition) is 0. The molecule has 0 saturated carbocycles. The Kier molecular flexibility index (Phi) is 2.62. The maximum atomic E-state index is 5.73. The van der Waals surface area contributed by atoms with Crippen molar-refractivity contribution in [1.29, 1.82) is 0 Å². The third kappa shape index (κ3) is 1.73. The Labute approximate surface area is 76.1 Å². The summed E-state index contributed by atoms with van der Waals surface area (Å²) < 4.78 is 0.962. The van der Waals surface area contributed by atoms with E-state index >= 15 is 0 Å². The number of rotatable bonds is 0. The molecule has 0 amide bonds. The number of hydrogen-bond acceptors (Lipinski definition) is 0. The summed E-state index contributed by atoms with van der Waals surface area (Å²) in [6.07, 6.45) is 0. The second-order valence-corrected chi connectivity index (χ2v) is 3.45. The van der Waals surface area contributed by atoms with Gasteiger partial charge in [0.2, 0.25) is 0 Å². The normalized spacial score (nSPS) is 9.78. The van der Waals surface area contributed by atoms with E-state index in [-0.39, 0.29) is 0 Å². The van der Waals surface area contributed by atoms with Crippen molar-refractivity contribution < 1.29 is 21.1 Å². The van der Waals surface area contributed by atoms with Crippen LogP contribution in [0.25, 0.3) is 0 Å². The predicted molar refractivity (Wildman–Crippen MR) is 36.1 cm³/mol. The Balaban J connectivity index is 3.25. The molecule has 9 heavy (non-hydrogen) atoms. The molecule has 52 valence electrons. The Morgan fingerprint density at radius 1 is 1.22 bits per heavy atom. The van der Waals surface area contributed by atoms with E-state index in [2.05, 4.69) is 21.1 Å². The molecule has 0 saturated heterocycles. The van der Waals surface area contributed by atoms with Gasteiger partial charge in [-0.2, -0.15) is 0 Å². The van der Waals surface area contributed by atoms with E-state index in [1.165, 1.54) is 0 Å². The van der Waals surface area contributed by atoms with Gasteiger partial charge in [0.15, 0.2) is 0 Å². The molecule has 0 bridgehead atoms. The Bertz CT molecular complexity index is 202. The van der Waals surface area contributed by atoms with Gasteiger partial charge in [-0.15, -0.1) is 0 Å². The van der Waals surface area contributed by atoms with E-state index in [4.69, 9.17) is 23.2 Å². The van der Waals surface area contributed by atoms with Crippen molar-refractivity contribution in [3.05, 3.63) is 28.2 Å². The van der Waals surface area contributed by atoms with Crippen LogP contribution in [0.5, 0.6) is 0 Å². The van der Waals surface area contributed by atoms with Crippen LogP contribution < -0.4 is 3.78 Å². The molecule has 1 aromatic rings. The third-order valence-corrected chi connectivity index (χ3v) is 2.90. The van der Waals surface area contributed by atoms with Gasteiger partial charge in [0.25, 0.3) is 0 Å². The number of halogens is 2. The SMILES string of the molecule is Clc1ccc[c]([Au])c1Cl. The summed E-state index contributed by atoms with van der Waals surface area (Å²) in [7, 11) is 0. The summed E-state index contributed by atoms with van der Waals surface area (Å²) >= 11 is 13.7. The van der Waals surface area contributed by atoms with Crippen molar-refractivity contribution in [2.45, 2.75) is 0 Å². The Hall–Kier alpha value is 0.540. The second kappa shape index (κ2) is 3.09. The van der Waals surface area contributed by atoms with Gasteiger partial charge in [0.05, 0.1) is 0 Å². The van der Waals surface area contributed by atoms with Crippen molar-refractivity contribution in [2.75, 3.05) is 0 Å². The molecule has 0 unspecified atom stereocenters. The predicted octanol–water partition coefficient (Wildman–Crippen LogP) is 2.17. The first kappa shape index (κ1) is 7.65. The topological polar surface area (TPSA) is 0 Å². The van der Waals surface area contributed by atoms with Gasteiger partial charge in [-0.25, -0.2) is 0 Å². The first-order valence-corrected chi connectivity index (χ1v) is 4.11. The van der Waals surface area contributed by atoms with Gasteiger partial charge in [-0.1, -0.05) is 0 Å². The quantitative estimate of drug-likeness (QED) is 0.634. The van der Waals surface area contributed by atoms with E-state index in [9.17, 15) is 0 Å². The molecule has 0 aromatic heterocycles. The second-order valence-electron chi connectivity index (χ2n) is 1.49. The summed E-state index contributed by atoms with van der Waals surface area (Å²) in [5.74, 6) is 0. The molecule has 0 radical (unpaired) electrons. The fraction of sp³-hybridized carbons (Fsp3) is 0. The summed E-state index contributed by atoms with van der Waals surface area (Å²) in [6.45, 7) is 0. The monoisotopic (exact) mass is 342 g/mol. The van der Waals surface area contributed by atoms with Crippen molar-refractivity contribution in [2.24, 2.45) is 0 Å². The zero-order valence-electron chi connectivity index (χ0n) is 4.29. The summed E-state index contributed by atoms with van der Waals surface area (Å²) in [5.41, 5.74) is 0. The Morgan fingerprint density at radius 3 is 2.33 bits per heavy atom. The van der Waals surface area contributed by atoms with Crippen LogP contribution in [0.2, 0.25) is 10.0 Å². The van der Waals surface area contributed by atoms with E-state index < -0.39 is 0 Å². The zero-order chi connectivity index (χ0) is 6.85. The molecular weight excluding hydrogens is 340 g/mol. The van der Waals surface area contributed by atoms with Gasteiger partial charge in [-0.05, 0) is 0 Å². The Morgan fingerprint density at radius 2 is 1.89 bits per heavy atom. The van der Waals surface area contributed by atoms with Gasteiger partial charge >= 0.3 is 76.3 Å². The summed E-state index contributed by atoms with van der Waals surface area (Å²) in [5, 5.41) is 1.24. The minimum atomic E-state index is 0.608. The van der Waals surface area contributed by atoms with E-state index in [0.29, 0.717) is 10.0 Å². The standard InChI is InChI=1S/C6H3Cl2.Au/c7-5-3-1-2-4-6(5)8;/h1-3H;. The van der Waals surface area contributed by atoms with E-state index in [0.717, 1.165) is 3.78 Å². The molecule has 1 aromatic carbocycles. The van der Waals surface area contributed by atoms with Crippen LogP contribution in [0, 0.1) is 0 Å². The molecule has 0 aliphatic heterocycles. The average molecular weight is 343 g/mol. The molecule has 0 N–H and O–H groups in total. The van der Waals surface area contributed by atoms with Crippen molar-refractivity contribution in [3.63, 3.8) is 0 Å². The first-order valence-electron chi connectivity index (χ1n) is 2.27. The molecule has 0 nitrogen and oxygen atoms in total. The average Bonchev–Trinajstić information content (AvgIpc) is 1.83. The van der Waals surface area contributed by atoms with Crippen molar-refractivity contribution >= 4 is 27.0 Å². The summed E-state index contributed by atoms with van der Waals surface area (Å²) in [4.78, 5) is 0. The number of benzene rings is 1. The first-order chi connectivity index (χ1) is 4.22. The van der Waals surface area contributed by atoms with Crippen LogP contribution in [0.3, 0.4) is 0 Å². The van der Waals surface area contributed by atoms with Crippen LogP contribution in [0.4, 0.5) is 0 Å². The third-order valence-electron chi connectivity index (χ3n) is 0.875. The molecule has 3 heteroatoms. The molecule has 0 atom stereocenters. The van der Waals surface area contributed by atoms with E-state index in [1.807, 2.05) is 12.1 Å². The summed E-state index contributed by atoms with van der Waals surface area (Å²) in [6, 6.07) is 5.53. The molecule has 0 aliphatic carbocycles. The molecule has 0 spiro atoms. The van der Waals surface area contributed by atoms with Crippen LogP contribution in [-0.4, -0.2) is 0 Å². The van der Waals surface area contributed by atoms with Crippen molar-refractivity contribution in [3.8, 4) is 0 Å². The van der Waals surface area contributed by atoms with Gasteiger partial charge < -0.3 is 0 Å². The van der Waals surface area contributed by atoms with Gasteiger partial charge in [-0.3, -0.25) is 0 Å². The fourth-order valence-corrected chi connectivity index (χ4v) is 1.41. The van der Waals surface area contributed by atoms with Crippen LogP contribution in [0.15, 0.2) is 18.2 Å². The maximum absolute atomic E-state index is 5.73. The van der Waals surface area contributed by atoms with Crippen LogP contribution in [0.1, 0.15) is 0 Å². The molecule has 0 heterocycles. The molecular formula is C6H3AuCl2. The van der Waals surface area contributed by atoms with Gasteiger partial charge in [0, 0.05) is 0 Å². The fourth-order valence-electron chi connectivity index (χ4n) is 0.461. The van der Waals surface area contributed by atoms with Crippen LogP contribution >= 0.6 is 23.2 Å². The van der Waals surface area contributed by atoms with Gasteiger partial charge in [0.1, 0.15) is 0 Å². The molecule has 0 fully saturated rings. The van der Waals surface area contributed by atoms with Crippen LogP contribution in [-0.2, 0) is 21.1 Å². The molecule has 0 aliphatic rings.